The topological polar surface area (TPSA) is 34.1 Å². The van der Waals surface area contributed by atoms with E-state index in [9.17, 15) is 8.42 Å². The molecule has 0 aliphatic carbocycles. The van der Waals surface area contributed by atoms with Gasteiger partial charge >= 0.3 is 0 Å². The van der Waals surface area contributed by atoms with Crippen LogP contribution in [0, 0.1) is 11.3 Å². The van der Waals surface area contributed by atoms with Gasteiger partial charge in [0, 0.05) is 0 Å². The molecular formula is C10H20O2S. The van der Waals surface area contributed by atoms with E-state index in [0.717, 1.165) is 19.3 Å². The summed E-state index contributed by atoms with van der Waals surface area (Å²) >= 11 is 0. The molecule has 13 heavy (non-hydrogen) atoms. The van der Waals surface area contributed by atoms with Gasteiger partial charge in [0.05, 0.1) is 11.5 Å². The summed E-state index contributed by atoms with van der Waals surface area (Å²) in [6.45, 7) is 6.52. The summed E-state index contributed by atoms with van der Waals surface area (Å²) < 4.78 is 22.7. The van der Waals surface area contributed by atoms with Crippen molar-refractivity contribution < 1.29 is 8.42 Å². The second-order valence-electron chi connectivity index (χ2n) is 5.39. The van der Waals surface area contributed by atoms with E-state index in [-0.39, 0.29) is 5.41 Å². The molecule has 0 saturated carbocycles. The van der Waals surface area contributed by atoms with E-state index in [4.69, 9.17) is 0 Å². The Labute approximate surface area is 81.6 Å². The molecule has 0 aromatic rings. The van der Waals surface area contributed by atoms with E-state index >= 15 is 0 Å². The van der Waals surface area contributed by atoms with Crippen molar-refractivity contribution in [1.82, 2.24) is 0 Å². The third kappa shape index (κ3) is 4.12. The van der Waals surface area contributed by atoms with Crippen molar-refractivity contribution in [1.29, 1.82) is 0 Å². The minimum Gasteiger partial charge on any atom is -0.229 e. The summed E-state index contributed by atoms with van der Waals surface area (Å²) in [4.78, 5) is 0. The standard InChI is InChI=1S/C10H20O2S/c1-10(2,3)7-9-5-4-6-13(11,12)8-9/h9H,4-8H2,1-3H3. The number of rotatable bonds is 1. The van der Waals surface area contributed by atoms with Crippen LogP contribution in [0.2, 0.25) is 0 Å². The summed E-state index contributed by atoms with van der Waals surface area (Å²) in [7, 11) is -2.70. The van der Waals surface area contributed by atoms with Crippen LogP contribution < -0.4 is 0 Å². The minimum atomic E-state index is -2.70. The van der Waals surface area contributed by atoms with E-state index in [2.05, 4.69) is 20.8 Å². The van der Waals surface area contributed by atoms with Crippen LogP contribution in [0.25, 0.3) is 0 Å². The molecule has 0 spiro atoms. The zero-order chi connectivity index (χ0) is 10.1. The van der Waals surface area contributed by atoms with Gasteiger partial charge < -0.3 is 0 Å². The Morgan fingerprint density at radius 1 is 1.31 bits per heavy atom. The fourth-order valence-corrected chi connectivity index (χ4v) is 3.92. The number of sulfone groups is 1. The Kier molecular flexibility index (Phi) is 3.05. The fraction of sp³-hybridized carbons (Fsp3) is 1.00. The lowest BCUT2D eigenvalue weighted by Gasteiger charge is -2.28. The first-order chi connectivity index (χ1) is 5.79. The van der Waals surface area contributed by atoms with Gasteiger partial charge in [0.25, 0.3) is 0 Å². The minimum absolute atomic E-state index is 0.261. The highest BCUT2D eigenvalue weighted by molar-refractivity contribution is 7.91. The van der Waals surface area contributed by atoms with Crippen LogP contribution in [0.15, 0.2) is 0 Å². The Balaban J connectivity index is 2.54. The summed E-state index contributed by atoms with van der Waals surface area (Å²) in [5.41, 5.74) is 0.261. The molecule has 0 aromatic heterocycles. The van der Waals surface area contributed by atoms with Crippen LogP contribution in [-0.2, 0) is 9.84 Å². The van der Waals surface area contributed by atoms with Crippen LogP contribution >= 0.6 is 0 Å². The highest BCUT2D eigenvalue weighted by Gasteiger charge is 2.27. The maximum Gasteiger partial charge on any atom is 0.150 e. The molecule has 0 amide bonds. The molecule has 1 heterocycles. The molecule has 3 heteroatoms. The van der Waals surface area contributed by atoms with Crippen LogP contribution in [0.5, 0.6) is 0 Å². The summed E-state index contributed by atoms with van der Waals surface area (Å²) in [5.74, 6) is 1.23. The first-order valence-electron chi connectivity index (χ1n) is 4.99. The Morgan fingerprint density at radius 3 is 2.38 bits per heavy atom. The van der Waals surface area contributed by atoms with Crippen molar-refractivity contribution in [2.24, 2.45) is 11.3 Å². The largest absolute Gasteiger partial charge is 0.229 e. The van der Waals surface area contributed by atoms with Crippen molar-refractivity contribution in [2.75, 3.05) is 11.5 Å². The van der Waals surface area contributed by atoms with Crippen LogP contribution in [-0.4, -0.2) is 19.9 Å². The predicted octanol–water partition coefficient (Wildman–Crippen LogP) is 2.25. The third-order valence-electron chi connectivity index (χ3n) is 2.46. The lowest BCUT2D eigenvalue weighted by Crippen LogP contribution is -2.28. The first kappa shape index (κ1) is 11.0. The highest BCUT2D eigenvalue weighted by Crippen LogP contribution is 2.30. The van der Waals surface area contributed by atoms with E-state index in [1.807, 2.05) is 0 Å². The van der Waals surface area contributed by atoms with Gasteiger partial charge in [-0.1, -0.05) is 20.8 Å². The Hall–Kier alpha value is -0.0500. The van der Waals surface area contributed by atoms with E-state index in [0.29, 0.717) is 17.4 Å². The second kappa shape index (κ2) is 3.60. The zero-order valence-corrected chi connectivity index (χ0v) is 9.65. The molecule has 2 nitrogen and oxygen atoms in total. The molecule has 0 N–H and O–H groups in total. The lowest BCUT2D eigenvalue weighted by molar-refractivity contribution is 0.292. The first-order valence-corrected chi connectivity index (χ1v) is 6.81. The van der Waals surface area contributed by atoms with Crippen molar-refractivity contribution in [3.8, 4) is 0 Å². The zero-order valence-electron chi connectivity index (χ0n) is 8.84. The maximum atomic E-state index is 11.3. The Bertz CT molecular complexity index is 259. The smallest absolute Gasteiger partial charge is 0.150 e. The van der Waals surface area contributed by atoms with Crippen molar-refractivity contribution in [3.63, 3.8) is 0 Å². The molecule has 78 valence electrons. The fourth-order valence-electron chi connectivity index (χ4n) is 2.14. The summed E-state index contributed by atoms with van der Waals surface area (Å²) in [6, 6.07) is 0. The predicted molar refractivity (Wildman–Crippen MR) is 55.4 cm³/mol. The molecule has 1 rings (SSSR count). The quantitative estimate of drug-likeness (QED) is 0.656. The molecule has 1 aliphatic rings. The molecule has 1 aliphatic heterocycles. The van der Waals surface area contributed by atoms with Gasteiger partial charge in [0.2, 0.25) is 0 Å². The van der Waals surface area contributed by atoms with Gasteiger partial charge in [0.15, 0.2) is 9.84 Å². The van der Waals surface area contributed by atoms with Gasteiger partial charge in [0.1, 0.15) is 0 Å². The molecule has 0 aromatic carbocycles. The van der Waals surface area contributed by atoms with Gasteiger partial charge in [-0.05, 0) is 30.6 Å². The summed E-state index contributed by atoms with van der Waals surface area (Å²) in [5, 5.41) is 0. The molecular weight excluding hydrogens is 184 g/mol. The average molecular weight is 204 g/mol. The SMILES string of the molecule is CC(C)(C)CC1CCCS(=O)(=O)C1. The molecule has 1 fully saturated rings. The lowest BCUT2D eigenvalue weighted by atomic mass is 9.83. The molecule has 1 atom stereocenters. The molecule has 1 unspecified atom stereocenters. The van der Waals surface area contributed by atoms with Crippen LogP contribution in [0.4, 0.5) is 0 Å². The van der Waals surface area contributed by atoms with Crippen molar-refractivity contribution in [2.45, 2.75) is 40.0 Å². The number of hydrogen-bond acceptors (Lipinski definition) is 2. The normalized spacial score (nSPS) is 28.7. The van der Waals surface area contributed by atoms with Crippen molar-refractivity contribution in [3.05, 3.63) is 0 Å². The molecule has 0 radical (unpaired) electrons. The Morgan fingerprint density at radius 2 is 1.92 bits per heavy atom. The van der Waals surface area contributed by atoms with Crippen LogP contribution in [0.1, 0.15) is 40.0 Å². The van der Waals surface area contributed by atoms with Gasteiger partial charge in [-0.15, -0.1) is 0 Å². The average Bonchev–Trinajstić information content (AvgIpc) is 1.79. The maximum absolute atomic E-state index is 11.3. The van der Waals surface area contributed by atoms with E-state index in [1.165, 1.54) is 0 Å². The van der Waals surface area contributed by atoms with Gasteiger partial charge in [-0.25, -0.2) is 8.42 Å². The molecule has 1 saturated heterocycles. The van der Waals surface area contributed by atoms with Gasteiger partial charge in [-0.3, -0.25) is 0 Å². The summed E-state index contributed by atoms with van der Waals surface area (Å²) in [6.07, 6.45) is 2.99. The van der Waals surface area contributed by atoms with Crippen molar-refractivity contribution >= 4 is 9.84 Å². The number of hydrogen-bond donors (Lipinski definition) is 0. The molecule has 0 bridgehead atoms. The van der Waals surface area contributed by atoms with Gasteiger partial charge in [-0.2, -0.15) is 0 Å². The second-order valence-corrected chi connectivity index (χ2v) is 7.62. The highest BCUT2D eigenvalue weighted by atomic mass is 32.2. The third-order valence-corrected chi connectivity index (χ3v) is 4.35. The monoisotopic (exact) mass is 204 g/mol. The van der Waals surface area contributed by atoms with Crippen LogP contribution in [0.3, 0.4) is 0 Å². The van der Waals surface area contributed by atoms with E-state index < -0.39 is 9.84 Å². The van der Waals surface area contributed by atoms with E-state index in [1.54, 1.807) is 0 Å².